The Labute approximate surface area is 85.1 Å². The lowest BCUT2D eigenvalue weighted by molar-refractivity contribution is 0.228. The lowest BCUT2D eigenvalue weighted by atomic mass is 10.0. The average Bonchev–Trinajstić information content (AvgIpc) is 2.47. The summed E-state index contributed by atoms with van der Waals surface area (Å²) >= 11 is 0. The first-order chi connectivity index (χ1) is 6.36. The van der Waals surface area contributed by atoms with E-state index in [2.05, 4.69) is 0 Å². The van der Waals surface area contributed by atoms with Gasteiger partial charge in [-0.15, -0.1) is 0 Å². The van der Waals surface area contributed by atoms with Crippen molar-refractivity contribution in [2.45, 2.75) is 33.4 Å². The molecule has 1 aromatic carbocycles. The molecule has 1 fully saturated rings. The quantitative estimate of drug-likeness (QED) is 0.632. The van der Waals surface area contributed by atoms with Crippen LogP contribution < -0.4 is 0 Å². The van der Waals surface area contributed by atoms with Crippen LogP contribution in [0.3, 0.4) is 0 Å². The van der Waals surface area contributed by atoms with Gasteiger partial charge in [-0.1, -0.05) is 58.0 Å². The van der Waals surface area contributed by atoms with Gasteiger partial charge in [0.15, 0.2) is 0 Å². The third kappa shape index (κ3) is 0.789. The van der Waals surface area contributed by atoms with E-state index in [-0.39, 0.29) is 10.8 Å². The average molecular weight is 192 g/mol. The molecule has 0 amide bonds. The smallest absolute Gasteiger partial charge is 0.147 e. The molecule has 76 valence electrons. The fraction of sp³-hybridized carbons (Fsp3) is 0.538. The number of hydrogen-bond donors (Lipinski definition) is 0. The maximum atomic E-state index is 14.8. The summed E-state index contributed by atoms with van der Waals surface area (Å²) in [6.07, 6.45) is 0. The van der Waals surface area contributed by atoms with Crippen LogP contribution in [0.2, 0.25) is 0 Å². The van der Waals surface area contributed by atoms with E-state index < -0.39 is 5.67 Å². The Morgan fingerprint density at radius 3 is 1.64 bits per heavy atom. The summed E-state index contributed by atoms with van der Waals surface area (Å²) in [5.74, 6) is 0. The largest absolute Gasteiger partial charge is 0.237 e. The highest BCUT2D eigenvalue weighted by atomic mass is 19.1. The molecule has 1 saturated carbocycles. The molecule has 0 spiro atoms. The van der Waals surface area contributed by atoms with Gasteiger partial charge in [-0.05, 0) is 5.56 Å². The van der Waals surface area contributed by atoms with Gasteiger partial charge in [0.05, 0.1) is 0 Å². The Balaban J connectivity index is 2.48. The molecule has 2 rings (SSSR count). The van der Waals surface area contributed by atoms with Crippen LogP contribution in [0.4, 0.5) is 4.39 Å². The van der Waals surface area contributed by atoms with Crippen molar-refractivity contribution in [2.75, 3.05) is 0 Å². The van der Waals surface area contributed by atoms with Crippen LogP contribution in [0.1, 0.15) is 33.3 Å². The van der Waals surface area contributed by atoms with Crippen LogP contribution in [0.5, 0.6) is 0 Å². The molecule has 0 saturated heterocycles. The number of halogens is 1. The maximum Gasteiger partial charge on any atom is 0.147 e. The zero-order valence-corrected chi connectivity index (χ0v) is 9.26. The van der Waals surface area contributed by atoms with Crippen LogP contribution in [-0.2, 0) is 5.67 Å². The monoisotopic (exact) mass is 192 g/mol. The molecule has 14 heavy (non-hydrogen) atoms. The molecule has 0 atom stereocenters. The zero-order chi connectivity index (χ0) is 10.6. The molecule has 0 bridgehead atoms. The molecule has 0 unspecified atom stereocenters. The minimum Gasteiger partial charge on any atom is -0.237 e. The van der Waals surface area contributed by atoms with Crippen molar-refractivity contribution in [1.29, 1.82) is 0 Å². The summed E-state index contributed by atoms with van der Waals surface area (Å²) in [4.78, 5) is 0. The van der Waals surface area contributed by atoms with E-state index >= 15 is 0 Å². The van der Waals surface area contributed by atoms with Crippen molar-refractivity contribution in [3.8, 4) is 0 Å². The van der Waals surface area contributed by atoms with E-state index in [0.717, 1.165) is 5.56 Å². The minimum absolute atomic E-state index is 0.263. The van der Waals surface area contributed by atoms with Gasteiger partial charge in [0.2, 0.25) is 0 Å². The first-order valence-electron chi connectivity index (χ1n) is 5.10. The summed E-state index contributed by atoms with van der Waals surface area (Å²) in [6.45, 7) is 8.00. The summed E-state index contributed by atoms with van der Waals surface area (Å²) < 4.78 is 14.8. The van der Waals surface area contributed by atoms with Crippen molar-refractivity contribution in [3.63, 3.8) is 0 Å². The molecular weight excluding hydrogens is 175 g/mol. The molecule has 1 aliphatic carbocycles. The van der Waals surface area contributed by atoms with Gasteiger partial charge < -0.3 is 0 Å². The standard InChI is InChI=1S/C13H17F/c1-11(2)12(3,4)13(11,14)10-8-6-5-7-9-10/h5-9H,1-4H3. The van der Waals surface area contributed by atoms with Crippen LogP contribution >= 0.6 is 0 Å². The molecule has 1 heteroatoms. The molecule has 0 heterocycles. The predicted octanol–water partition coefficient (Wildman–Crippen LogP) is 3.92. The molecule has 0 aliphatic heterocycles. The van der Waals surface area contributed by atoms with E-state index in [0.29, 0.717) is 0 Å². The first-order valence-corrected chi connectivity index (χ1v) is 5.10. The molecule has 1 aliphatic rings. The summed E-state index contributed by atoms with van der Waals surface area (Å²) in [5.41, 5.74) is -0.876. The molecule has 1 aromatic rings. The van der Waals surface area contributed by atoms with E-state index in [9.17, 15) is 4.39 Å². The topological polar surface area (TPSA) is 0 Å². The zero-order valence-electron chi connectivity index (χ0n) is 9.26. The predicted molar refractivity (Wildman–Crippen MR) is 56.8 cm³/mol. The summed E-state index contributed by atoms with van der Waals surface area (Å²) in [5, 5.41) is 0. The second kappa shape index (κ2) is 2.39. The third-order valence-electron chi connectivity index (χ3n) is 4.39. The molecular formula is C13H17F. The lowest BCUT2D eigenvalue weighted by Crippen LogP contribution is -2.08. The van der Waals surface area contributed by atoms with E-state index in [1.807, 2.05) is 58.0 Å². The van der Waals surface area contributed by atoms with Crippen molar-refractivity contribution in [2.24, 2.45) is 10.8 Å². The third-order valence-corrected chi connectivity index (χ3v) is 4.39. The normalized spacial score (nSPS) is 25.8. The van der Waals surface area contributed by atoms with Crippen molar-refractivity contribution in [3.05, 3.63) is 35.9 Å². The molecule has 0 N–H and O–H groups in total. The molecule has 0 radical (unpaired) electrons. The van der Waals surface area contributed by atoms with Gasteiger partial charge in [-0.2, -0.15) is 0 Å². The van der Waals surface area contributed by atoms with Crippen molar-refractivity contribution in [1.82, 2.24) is 0 Å². The maximum absolute atomic E-state index is 14.8. The van der Waals surface area contributed by atoms with Gasteiger partial charge in [0.1, 0.15) is 5.67 Å². The van der Waals surface area contributed by atoms with Gasteiger partial charge in [0, 0.05) is 10.8 Å². The van der Waals surface area contributed by atoms with Crippen molar-refractivity contribution >= 4 is 0 Å². The van der Waals surface area contributed by atoms with Crippen LogP contribution in [-0.4, -0.2) is 0 Å². The molecule has 0 nitrogen and oxygen atoms in total. The second-order valence-corrected chi connectivity index (χ2v) is 5.27. The Morgan fingerprint density at radius 2 is 1.29 bits per heavy atom. The highest BCUT2D eigenvalue weighted by molar-refractivity contribution is 5.39. The van der Waals surface area contributed by atoms with Crippen LogP contribution in [0, 0.1) is 10.8 Å². The second-order valence-electron chi connectivity index (χ2n) is 5.27. The number of alkyl halides is 1. The number of hydrogen-bond acceptors (Lipinski definition) is 0. The van der Waals surface area contributed by atoms with Crippen LogP contribution in [0.25, 0.3) is 0 Å². The summed E-state index contributed by atoms with van der Waals surface area (Å²) in [7, 11) is 0. The number of rotatable bonds is 1. The summed E-state index contributed by atoms with van der Waals surface area (Å²) in [6, 6.07) is 9.50. The lowest BCUT2D eigenvalue weighted by Gasteiger charge is -2.11. The van der Waals surface area contributed by atoms with Gasteiger partial charge in [-0.3, -0.25) is 0 Å². The van der Waals surface area contributed by atoms with Gasteiger partial charge in [-0.25, -0.2) is 4.39 Å². The Bertz CT molecular complexity index is 335. The minimum atomic E-state index is -1.17. The van der Waals surface area contributed by atoms with Crippen molar-refractivity contribution < 1.29 is 4.39 Å². The van der Waals surface area contributed by atoms with E-state index in [1.165, 1.54) is 0 Å². The Hall–Kier alpha value is -0.850. The molecule has 0 aromatic heterocycles. The SMILES string of the molecule is CC1(C)C(C)(C)C1(F)c1ccccc1. The fourth-order valence-electron chi connectivity index (χ4n) is 2.63. The Kier molecular flexibility index (Phi) is 1.65. The van der Waals surface area contributed by atoms with E-state index in [1.54, 1.807) is 0 Å². The van der Waals surface area contributed by atoms with Gasteiger partial charge in [0.25, 0.3) is 0 Å². The van der Waals surface area contributed by atoms with Crippen LogP contribution in [0.15, 0.2) is 30.3 Å². The highest BCUT2D eigenvalue weighted by Gasteiger charge is 2.79. The van der Waals surface area contributed by atoms with E-state index in [4.69, 9.17) is 0 Å². The van der Waals surface area contributed by atoms with Gasteiger partial charge >= 0.3 is 0 Å². The Morgan fingerprint density at radius 1 is 0.857 bits per heavy atom. The fourth-order valence-corrected chi connectivity index (χ4v) is 2.63. The highest BCUT2D eigenvalue weighted by Crippen LogP contribution is 2.78. The first kappa shape index (κ1) is 9.70. The number of benzene rings is 1.